The number of hydrogen-bond acceptors (Lipinski definition) is 4. The Hall–Kier alpha value is -3.09. The highest BCUT2D eigenvalue weighted by Gasteiger charge is 2.33. The maximum absolute atomic E-state index is 13.0. The van der Waals surface area contributed by atoms with E-state index < -0.39 is 6.10 Å². The molecule has 1 fully saturated rings. The fourth-order valence-corrected chi connectivity index (χ4v) is 3.41. The summed E-state index contributed by atoms with van der Waals surface area (Å²) in [5, 5.41) is 0. The van der Waals surface area contributed by atoms with Crippen LogP contribution in [0.3, 0.4) is 0 Å². The number of nitrogens with zero attached hydrogens (tertiary/aromatic N) is 2. The average molecular weight is 384 g/mol. The molecule has 2 amide bonds. The number of ether oxygens (including phenoxy) is 2. The van der Waals surface area contributed by atoms with Gasteiger partial charge in [-0.25, -0.2) is 4.39 Å². The van der Waals surface area contributed by atoms with Gasteiger partial charge in [-0.05, 0) is 29.8 Å². The lowest BCUT2D eigenvalue weighted by Gasteiger charge is -2.37. The number of fused-ring (bicyclic) bond motifs is 1. The molecule has 2 aromatic carbocycles. The van der Waals surface area contributed by atoms with Crippen LogP contribution in [-0.4, -0.2) is 60.5 Å². The number of hydrogen-bond donors (Lipinski definition) is 0. The number of carbonyl (C=O) groups is 2. The van der Waals surface area contributed by atoms with Crippen molar-refractivity contribution >= 4 is 11.8 Å². The molecule has 1 saturated heterocycles. The van der Waals surface area contributed by atoms with Crippen molar-refractivity contribution in [3.63, 3.8) is 0 Å². The van der Waals surface area contributed by atoms with E-state index in [0.29, 0.717) is 37.7 Å². The first-order valence-corrected chi connectivity index (χ1v) is 9.29. The van der Waals surface area contributed by atoms with Gasteiger partial charge >= 0.3 is 0 Å². The van der Waals surface area contributed by atoms with E-state index >= 15 is 0 Å². The van der Waals surface area contributed by atoms with Crippen molar-refractivity contribution in [3.05, 3.63) is 59.9 Å². The van der Waals surface area contributed by atoms with Crippen LogP contribution in [0.4, 0.5) is 4.39 Å². The minimum atomic E-state index is -0.670. The first kappa shape index (κ1) is 18.3. The highest BCUT2D eigenvalue weighted by molar-refractivity contribution is 5.83. The average Bonchev–Trinajstić information content (AvgIpc) is 2.74. The van der Waals surface area contributed by atoms with E-state index in [-0.39, 0.29) is 30.7 Å². The second-order valence-corrected chi connectivity index (χ2v) is 6.87. The summed E-state index contributed by atoms with van der Waals surface area (Å²) in [6.45, 7) is 2.02. The summed E-state index contributed by atoms with van der Waals surface area (Å²) in [5.41, 5.74) is 0.774. The van der Waals surface area contributed by atoms with Crippen molar-refractivity contribution in [1.82, 2.24) is 9.80 Å². The molecule has 0 unspecified atom stereocenters. The highest BCUT2D eigenvalue weighted by atomic mass is 19.1. The third-order valence-electron chi connectivity index (χ3n) is 5.00. The van der Waals surface area contributed by atoms with Crippen molar-refractivity contribution in [2.75, 3.05) is 32.8 Å². The molecule has 4 rings (SSSR count). The molecule has 2 heterocycles. The highest BCUT2D eigenvalue weighted by Crippen LogP contribution is 2.31. The van der Waals surface area contributed by atoms with Gasteiger partial charge in [0.1, 0.15) is 12.4 Å². The van der Waals surface area contributed by atoms with Crippen molar-refractivity contribution in [1.29, 1.82) is 0 Å². The van der Waals surface area contributed by atoms with Gasteiger partial charge in [0.05, 0.1) is 6.42 Å². The summed E-state index contributed by atoms with van der Waals surface area (Å²) >= 11 is 0. The Balaban J connectivity index is 1.29. The lowest BCUT2D eigenvalue weighted by Crippen LogP contribution is -2.55. The van der Waals surface area contributed by atoms with E-state index in [1.54, 1.807) is 28.0 Å². The summed E-state index contributed by atoms with van der Waals surface area (Å²) in [5.74, 6) is 0.743. The minimum Gasteiger partial charge on any atom is -0.485 e. The zero-order chi connectivity index (χ0) is 19.5. The van der Waals surface area contributed by atoms with E-state index in [0.717, 1.165) is 5.56 Å². The summed E-state index contributed by atoms with van der Waals surface area (Å²) in [7, 11) is 0. The Morgan fingerprint density at radius 1 is 0.929 bits per heavy atom. The van der Waals surface area contributed by atoms with Crippen molar-refractivity contribution in [2.45, 2.75) is 12.5 Å². The number of para-hydroxylation sites is 2. The Bertz CT molecular complexity index is 863. The maximum Gasteiger partial charge on any atom is 0.267 e. The molecule has 0 bridgehead atoms. The second kappa shape index (κ2) is 7.88. The lowest BCUT2D eigenvalue weighted by molar-refractivity contribution is -0.146. The fourth-order valence-electron chi connectivity index (χ4n) is 3.41. The van der Waals surface area contributed by atoms with E-state index in [9.17, 15) is 14.0 Å². The van der Waals surface area contributed by atoms with Gasteiger partial charge < -0.3 is 19.3 Å². The number of rotatable bonds is 3. The van der Waals surface area contributed by atoms with Crippen LogP contribution in [0, 0.1) is 5.82 Å². The predicted molar refractivity (Wildman–Crippen MR) is 99.6 cm³/mol. The molecule has 6 nitrogen and oxygen atoms in total. The molecule has 0 aromatic heterocycles. The number of amides is 2. The third-order valence-corrected chi connectivity index (χ3v) is 5.00. The maximum atomic E-state index is 13.0. The van der Waals surface area contributed by atoms with Crippen molar-refractivity contribution < 1.29 is 23.5 Å². The minimum absolute atomic E-state index is 0.0233. The standard InChI is InChI=1S/C21H21FN2O4/c22-16-7-5-15(6-8-16)13-20(25)23-9-11-24(12-10-23)21(26)19-14-27-17-3-1-2-4-18(17)28-19/h1-8,19H,9-14H2/t19-/m0/s1. The largest absolute Gasteiger partial charge is 0.485 e. The number of piperazine rings is 1. The molecule has 0 saturated carbocycles. The first-order valence-electron chi connectivity index (χ1n) is 9.29. The molecule has 0 N–H and O–H groups in total. The topological polar surface area (TPSA) is 59.1 Å². The molecule has 0 aliphatic carbocycles. The molecule has 1 atom stereocenters. The van der Waals surface area contributed by atoms with E-state index in [4.69, 9.17) is 9.47 Å². The summed E-state index contributed by atoms with van der Waals surface area (Å²) in [4.78, 5) is 28.6. The normalized spacial score (nSPS) is 18.7. The van der Waals surface area contributed by atoms with Crippen LogP contribution in [-0.2, 0) is 16.0 Å². The summed E-state index contributed by atoms with van der Waals surface area (Å²) < 4.78 is 24.4. The van der Waals surface area contributed by atoms with Crippen LogP contribution in [0.15, 0.2) is 48.5 Å². The van der Waals surface area contributed by atoms with Crippen molar-refractivity contribution in [2.24, 2.45) is 0 Å². The van der Waals surface area contributed by atoms with Crippen LogP contribution in [0.2, 0.25) is 0 Å². The zero-order valence-electron chi connectivity index (χ0n) is 15.3. The monoisotopic (exact) mass is 384 g/mol. The molecule has 2 aromatic rings. The smallest absolute Gasteiger partial charge is 0.267 e. The fraction of sp³-hybridized carbons (Fsp3) is 0.333. The molecule has 7 heteroatoms. The molecule has 2 aliphatic rings. The molecule has 2 aliphatic heterocycles. The summed E-state index contributed by atoms with van der Waals surface area (Å²) in [6, 6.07) is 13.2. The molecule has 0 radical (unpaired) electrons. The van der Waals surface area contributed by atoms with Crippen LogP contribution in [0.1, 0.15) is 5.56 Å². The molecule has 146 valence electrons. The van der Waals surface area contributed by atoms with Gasteiger partial charge in [0, 0.05) is 26.2 Å². The number of benzene rings is 2. The van der Waals surface area contributed by atoms with Gasteiger partial charge in [0.15, 0.2) is 11.5 Å². The van der Waals surface area contributed by atoms with Crippen LogP contribution in [0.25, 0.3) is 0 Å². The SMILES string of the molecule is O=C(Cc1ccc(F)cc1)N1CCN(C(=O)[C@@H]2COc3ccccc3O2)CC1. The molecule has 0 spiro atoms. The van der Waals surface area contributed by atoms with E-state index in [1.807, 2.05) is 18.2 Å². The molecule has 28 heavy (non-hydrogen) atoms. The Labute approximate surface area is 162 Å². The van der Waals surface area contributed by atoms with Crippen LogP contribution >= 0.6 is 0 Å². The third kappa shape index (κ3) is 3.93. The number of carbonyl (C=O) groups excluding carboxylic acids is 2. The van der Waals surface area contributed by atoms with E-state index in [2.05, 4.69) is 0 Å². The Morgan fingerprint density at radius 2 is 1.57 bits per heavy atom. The van der Waals surface area contributed by atoms with E-state index in [1.165, 1.54) is 12.1 Å². The zero-order valence-corrected chi connectivity index (χ0v) is 15.3. The number of halogens is 1. The predicted octanol–water partition coefficient (Wildman–Crippen LogP) is 1.88. The van der Waals surface area contributed by atoms with Gasteiger partial charge in [-0.2, -0.15) is 0 Å². The van der Waals surface area contributed by atoms with Crippen molar-refractivity contribution in [3.8, 4) is 11.5 Å². The summed E-state index contributed by atoms with van der Waals surface area (Å²) in [6.07, 6.45) is -0.443. The quantitative estimate of drug-likeness (QED) is 0.811. The van der Waals surface area contributed by atoms with Gasteiger partial charge in [-0.1, -0.05) is 24.3 Å². The van der Waals surface area contributed by atoms with Crippen LogP contribution < -0.4 is 9.47 Å². The Kier molecular flexibility index (Phi) is 5.14. The van der Waals surface area contributed by atoms with Crippen LogP contribution in [0.5, 0.6) is 11.5 Å². The van der Waals surface area contributed by atoms with Gasteiger partial charge in [0.25, 0.3) is 5.91 Å². The first-order chi connectivity index (χ1) is 13.6. The Morgan fingerprint density at radius 3 is 2.29 bits per heavy atom. The molecular formula is C21H21FN2O4. The molecular weight excluding hydrogens is 363 g/mol. The lowest BCUT2D eigenvalue weighted by atomic mass is 10.1. The van der Waals surface area contributed by atoms with Gasteiger partial charge in [-0.15, -0.1) is 0 Å². The second-order valence-electron chi connectivity index (χ2n) is 6.87. The van der Waals surface area contributed by atoms with Gasteiger partial charge in [0.2, 0.25) is 12.0 Å². The van der Waals surface area contributed by atoms with Gasteiger partial charge in [-0.3, -0.25) is 9.59 Å².